The number of nitrogens with zero attached hydrogens (tertiary/aromatic N) is 3. The maximum absolute atomic E-state index is 9.44. The highest BCUT2D eigenvalue weighted by molar-refractivity contribution is 5.61. The van der Waals surface area contributed by atoms with E-state index < -0.39 is 0 Å². The van der Waals surface area contributed by atoms with Crippen LogP contribution in [-0.4, -0.2) is 31.5 Å². The largest absolute Gasteiger partial charge is 0.395 e. The predicted octanol–water partition coefficient (Wildman–Crippen LogP) is 2.92. The van der Waals surface area contributed by atoms with Crippen LogP contribution in [0.2, 0.25) is 0 Å². The number of nitrogens with one attached hydrogen (secondary N) is 2. The fraction of sp³-hybridized carbons (Fsp3) is 0.294. The molecule has 6 heteroatoms. The van der Waals surface area contributed by atoms with Crippen LogP contribution in [0.15, 0.2) is 43.0 Å². The van der Waals surface area contributed by atoms with Gasteiger partial charge >= 0.3 is 0 Å². The Balaban J connectivity index is 1.85. The van der Waals surface area contributed by atoms with Crippen molar-refractivity contribution < 1.29 is 5.11 Å². The zero-order chi connectivity index (χ0) is 16.4. The average molecular weight is 311 g/mol. The number of aromatic nitrogens is 4. The number of imidazole rings is 1. The first-order valence-electron chi connectivity index (χ1n) is 7.52. The molecule has 23 heavy (non-hydrogen) atoms. The zero-order valence-corrected chi connectivity index (χ0v) is 13.5. The van der Waals surface area contributed by atoms with Crippen LogP contribution in [-0.2, 0) is 5.41 Å². The van der Waals surface area contributed by atoms with Crippen LogP contribution < -0.4 is 5.32 Å². The first kappa shape index (κ1) is 15.3. The SMILES string of the molecule is Cc1ccc(Nc2cc(C(C)(C)CO)[nH]n2)cc1-n1ccnc1. The zero-order valence-electron chi connectivity index (χ0n) is 13.5. The molecule has 6 nitrogen and oxygen atoms in total. The standard InChI is InChI=1S/C17H21N5O/c1-12-4-5-13(8-14(12)22-7-6-18-11-22)19-16-9-15(20-21-16)17(2,3)10-23/h4-9,11,23H,10H2,1-3H3,(H2,19,20,21). The molecule has 0 saturated heterocycles. The summed E-state index contributed by atoms with van der Waals surface area (Å²) in [6.07, 6.45) is 5.46. The number of aromatic amines is 1. The maximum atomic E-state index is 9.44. The number of benzene rings is 1. The number of rotatable bonds is 5. The van der Waals surface area contributed by atoms with E-state index in [1.165, 1.54) is 0 Å². The van der Waals surface area contributed by atoms with Crippen molar-refractivity contribution in [1.29, 1.82) is 0 Å². The molecule has 0 bridgehead atoms. The van der Waals surface area contributed by atoms with Gasteiger partial charge in [0.1, 0.15) is 0 Å². The highest BCUT2D eigenvalue weighted by Gasteiger charge is 2.22. The van der Waals surface area contributed by atoms with Crippen molar-refractivity contribution in [2.45, 2.75) is 26.2 Å². The molecule has 3 rings (SSSR count). The Labute approximate surface area is 135 Å². The summed E-state index contributed by atoms with van der Waals surface area (Å²) in [5.41, 5.74) is 3.72. The van der Waals surface area contributed by atoms with E-state index in [2.05, 4.69) is 39.6 Å². The van der Waals surface area contributed by atoms with Crippen LogP contribution in [0.25, 0.3) is 5.69 Å². The quantitative estimate of drug-likeness (QED) is 0.677. The lowest BCUT2D eigenvalue weighted by molar-refractivity contribution is 0.215. The van der Waals surface area contributed by atoms with Gasteiger partial charge < -0.3 is 15.0 Å². The third-order valence-electron chi connectivity index (χ3n) is 3.97. The topological polar surface area (TPSA) is 78.8 Å². The lowest BCUT2D eigenvalue weighted by atomic mass is 9.91. The van der Waals surface area contributed by atoms with Gasteiger partial charge in [-0.1, -0.05) is 19.9 Å². The molecule has 120 valence electrons. The minimum absolute atomic E-state index is 0.0595. The third kappa shape index (κ3) is 3.12. The van der Waals surface area contributed by atoms with Crippen LogP contribution in [0.5, 0.6) is 0 Å². The van der Waals surface area contributed by atoms with E-state index in [4.69, 9.17) is 0 Å². The summed E-state index contributed by atoms with van der Waals surface area (Å²) < 4.78 is 1.98. The van der Waals surface area contributed by atoms with Gasteiger partial charge in [-0.3, -0.25) is 5.10 Å². The molecular formula is C17H21N5O. The molecule has 0 unspecified atom stereocenters. The van der Waals surface area contributed by atoms with Crippen molar-refractivity contribution >= 4 is 11.5 Å². The van der Waals surface area contributed by atoms with Crippen molar-refractivity contribution in [2.24, 2.45) is 0 Å². The van der Waals surface area contributed by atoms with E-state index in [1.807, 2.05) is 36.7 Å². The van der Waals surface area contributed by atoms with E-state index in [-0.39, 0.29) is 12.0 Å². The molecule has 2 aromatic heterocycles. The normalized spacial score (nSPS) is 11.7. The molecule has 0 atom stereocenters. The summed E-state index contributed by atoms with van der Waals surface area (Å²) in [4.78, 5) is 4.09. The third-order valence-corrected chi connectivity index (χ3v) is 3.97. The van der Waals surface area contributed by atoms with Gasteiger partial charge in [-0.05, 0) is 24.6 Å². The fourth-order valence-electron chi connectivity index (χ4n) is 2.33. The molecule has 0 fully saturated rings. The molecule has 0 aliphatic rings. The van der Waals surface area contributed by atoms with E-state index in [1.54, 1.807) is 12.5 Å². The van der Waals surface area contributed by atoms with Gasteiger partial charge in [0.15, 0.2) is 5.82 Å². The molecular weight excluding hydrogens is 290 g/mol. The molecule has 0 radical (unpaired) electrons. The first-order valence-corrected chi connectivity index (χ1v) is 7.52. The number of hydrogen-bond acceptors (Lipinski definition) is 4. The number of H-pyrrole nitrogens is 1. The first-order chi connectivity index (χ1) is 11.0. The monoisotopic (exact) mass is 311 g/mol. The summed E-state index contributed by atoms with van der Waals surface area (Å²) in [6.45, 7) is 6.06. The molecule has 0 amide bonds. The van der Waals surface area contributed by atoms with Crippen LogP contribution in [0.1, 0.15) is 25.1 Å². The van der Waals surface area contributed by atoms with Gasteiger partial charge in [0, 0.05) is 35.3 Å². The maximum Gasteiger partial charge on any atom is 0.152 e. The average Bonchev–Trinajstić information content (AvgIpc) is 3.21. The molecule has 0 aliphatic carbocycles. The Morgan fingerprint density at radius 1 is 1.30 bits per heavy atom. The minimum atomic E-state index is -0.345. The Hall–Kier alpha value is -2.60. The fourth-order valence-corrected chi connectivity index (χ4v) is 2.33. The number of aryl methyl sites for hydroxylation is 1. The van der Waals surface area contributed by atoms with E-state index in [0.29, 0.717) is 0 Å². The van der Waals surface area contributed by atoms with E-state index in [9.17, 15) is 5.11 Å². The van der Waals surface area contributed by atoms with Gasteiger partial charge in [0.25, 0.3) is 0 Å². The molecule has 2 heterocycles. The lowest BCUT2D eigenvalue weighted by Crippen LogP contribution is -2.22. The molecule has 0 saturated carbocycles. The highest BCUT2D eigenvalue weighted by Crippen LogP contribution is 2.25. The second-order valence-electron chi connectivity index (χ2n) is 6.31. The molecule has 0 aliphatic heterocycles. The summed E-state index contributed by atoms with van der Waals surface area (Å²) in [5.74, 6) is 0.724. The molecule has 3 aromatic rings. The second-order valence-corrected chi connectivity index (χ2v) is 6.31. The van der Waals surface area contributed by atoms with Gasteiger partial charge in [-0.15, -0.1) is 0 Å². The Morgan fingerprint density at radius 2 is 2.13 bits per heavy atom. The van der Waals surface area contributed by atoms with Crippen molar-refractivity contribution in [3.63, 3.8) is 0 Å². The van der Waals surface area contributed by atoms with Crippen LogP contribution in [0, 0.1) is 6.92 Å². The van der Waals surface area contributed by atoms with Crippen molar-refractivity contribution in [3.8, 4) is 5.69 Å². The highest BCUT2D eigenvalue weighted by atomic mass is 16.3. The predicted molar refractivity (Wildman–Crippen MR) is 90.3 cm³/mol. The van der Waals surface area contributed by atoms with Gasteiger partial charge in [0.05, 0.1) is 18.6 Å². The van der Waals surface area contributed by atoms with E-state index in [0.717, 1.165) is 28.5 Å². The number of hydrogen-bond donors (Lipinski definition) is 3. The number of aliphatic hydroxyl groups excluding tert-OH is 1. The van der Waals surface area contributed by atoms with Crippen LogP contribution in [0.4, 0.5) is 11.5 Å². The summed E-state index contributed by atoms with van der Waals surface area (Å²) in [6, 6.07) is 8.06. The lowest BCUT2D eigenvalue weighted by Gasteiger charge is -2.18. The smallest absolute Gasteiger partial charge is 0.152 e. The Morgan fingerprint density at radius 3 is 2.83 bits per heavy atom. The Kier molecular flexibility index (Phi) is 3.92. The summed E-state index contributed by atoms with van der Waals surface area (Å²) in [5, 5.41) is 20.0. The number of anilines is 2. The second kappa shape index (κ2) is 5.89. The van der Waals surface area contributed by atoms with Crippen LogP contribution >= 0.6 is 0 Å². The van der Waals surface area contributed by atoms with Gasteiger partial charge in [0.2, 0.25) is 0 Å². The Bertz CT molecular complexity index is 789. The van der Waals surface area contributed by atoms with Crippen molar-refractivity contribution in [2.75, 3.05) is 11.9 Å². The minimum Gasteiger partial charge on any atom is -0.395 e. The number of aliphatic hydroxyl groups is 1. The van der Waals surface area contributed by atoms with Gasteiger partial charge in [-0.25, -0.2) is 4.98 Å². The molecule has 3 N–H and O–H groups in total. The van der Waals surface area contributed by atoms with Crippen LogP contribution in [0.3, 0.4) is 0 Å². The summed E-state index contributed by atoms with van der Waals surface area (Å²) in [7, 11) is 0. The van der Waals surface area contributed by atoms with E-state index >= 15 is 0 Å². The van der Waals surface area contributed by atoms with Crippen molar-refractivity contribution in [3.05, 3.63) is 54.2 Å². The van der Waals surface area contributed by atoms with Gasteiger partial charge in [-0.2, -0.15) is 5.10 Å². The molecule has 0 spiro atoms. The summed E-state index contributed by atoms with van der Waals surface area (Å²) >= 11 is 0. The van der Waals surface area contributed by atoms with Crippen molar-refractivity contribution in [1.82, 2.24) is 19.7 Å². The molecule has 1 aromatic carbocycles.